The highest BCUT2D eigenvalue weighted by Crippen LogP contribution is 2.55. The predicted octanol–water partition coefficient (Wildman–Crippen LogP) is 9.78. The number of ether oxygens (including phenoxy) is 2. The number of nitrogens with zero attached hydrogens (tertiary/aromatic N) is 2. The highest BCUT2D eigenvalue weighted by molar-refractivity contribution is 5.76. The number of cyclic esters (lactones) is 2. The highest BCUT2D eigenvalue weighted by atomic mass is 19.1. The van der Waals surface area contributed by atoms with Gasteiger partial charge in [0.15, 0.2) is 0 Å². The van der Waals surface area contributed by atoms with Gasteiger partial charge in [-0.2, -0.15) is 0 Å². The Balaban J connectivity index is 0.000000173. The first kappa shape index (κ1) is 47.4. The van der Waals surface area contributed by atoms with Crippen LogP contribution in [0.1, 0.15) is 76.6 Å². The van der Waals surface area contributed by atoms with Crippen LogP contribution in [0.2, 0.25) is 0 Å². The number of hydrogen-bond donors (Lipinski definition) is 3. The molecule has 11 heteroatoms. The number of esters is 2. The van der Waals surface area contributed by atoms with Crippen LogP contribution in [0.5, 0.6) is 0 Å². The van der Waals surface area contributed by atoms with Crippen molar-refractivity contribution in [1.82, 2.24) is 20.6 Å². The number of nitrogens with two attached hydrogens (primary N) is 1. The van der Waals surface area contributed by atoms with E-state index in [4.69, 9.17) is 9.47 Å². The van der Waals surface area contributed by atoms with Crippen LogP contribution in [0.25, 0.3) is 34.4 Å². The zero-order valence-electron chi connectivity index (χ0n) is 39.0. The van der Waals surface area contributed by atoms with Crippen LogP contribution in [-0.2, 0) is 19.1 Å². The maximum absolute atomic E-state index is 13.5. The summed E-state index contributed by atoms with van der Waals surface area (Å²) >= 11 is 0. The molecule has 0 bridgehead atoms. The molecule has 2 aromatic carbocycles. The average Bonchev–Trinajstić information content (AvgIpc) is 3.80. The lowest BCUT2D eigenvalue weighted by atomic mass is 9.57. The smallest absolute Gasteiger partial charge is 0.309 e. The quantitative estimate of drug-likeness (QED) is 0.148. The Morgan fingerprint density at radius 1 is 0.591 bits per heavy atom. The van der Waals surface area contributed by atoms with Crippen molar-refractivity contribution < 1.29 is 27.8 Å². The zero-order chi connectivity index (χ0) is 46.5. The van der Waals surface area contributed by atoms with E-state index in [0.717, 1.165) is 59.3 Å². The van der Waals surface area contributed by atoms with Crippen LogP contribution in [0, 0.1) is 70.8 Å². The molecule has 66 heavy (non-hydrogen) atoms. The van der Waals surface area contributed by atoms with Gasteiger partial charge in [-0.25, -0.2) is 8.78 Å². The van der Waals surface area contributed by atoms with Gasteiger partial charge in [-0.1, -0.05) is 48.6 Å². The van der Waals surface area contributed by atoms with E-state index < -0.39 is 0 Å². The Morgan fingerprint density at radius 3 is 1.38 bits per heavy atom. The van der Waals surface area contributed by atoms with Gasteiger partial charge in [-0.15, -0.1) is 0 Å². The fourth-order valence-electron chi connectivity index (χ4n) is 12.9. The fraction of sp³-hybridized carbons (Fsp3) is 0.491. The van der Waals surface area contributed by atoms with Crippen molar-refractivity contribution in [2.24, 2.45) is 64.9 Å². The minimum atomic E-state index is -0.247. The van der Waals surface area contributed by atoms with Crippen LogP contribution in [0.4, 0.5) is 8.78 Å². The van der Waals surface area contributed by atoms with Crippen LogP contribution in [-0.4, -0.2) is 67.3 Å². The maximum atomic E-state index is 13.5. The molecule has 4 saturated carbocycles. The van der Waals surface area contributed by atoms with Crippen LogP contribution >= 0.6 is 0 Å². The lowest BCUT2D eigenvalue weighted by Gasteiger charge is -2.47. The monoisotopic (exact) mass is 900 g/mol. The van der Waals surface area contributed by atoms with E-state index in [1.807, 2.05) is 50.5 Å². The minimum absolute atomic E-state index is 0.0106. The molecule has 4 aromatic rings. The number of halogens is 2. The largest absolute Gasteiger partial charge is 0.462 e. The van der Waals surface area contributed by atoms with Crippen molar-refractivity contribution in [2.45, 2.75) is 89.5 Å². The predicted molar refractivity (Wildman–Crippen MR) is 256 cm³/mol. The summed E-state index contributed by atoms with van der Waals surface area (Å²) in [5, 5.41) is 6.89. The third kappa shape index (κ3) is 10.2. The molecule has 2 aromatic heterocycles. The SMILES string of the molecule is CN.CN[C@@H]1CC[C@@H]2[C@@H](C1)C[C@H]1C(=O)O[C@H](C)[C@H]1[C@H]2/C=C/c1ccc(-c2cccc(F)c2)cn1.CN[C@H]1CC[C@@H]2[C@@H](C1)C[C@H]1C(=O)O[C@H](C)[C@H]1[C@H]2/C=C/c1ccc(-c2cccc(F)c2)cn1. The second-order valence-electron chi connectivity index (χ2n) is 19.4. The van der Waals surface area contributed by atoms with E-state index in [1.165, 1.54) is 57.0 Å². The molecule has 14 atom stereocenters. The van der Waals surface area contributed by atoms with Crippen LogP contribution < -0.4 is 16.4 Å². The van der Waals surface area contributed by atoms with Crippen molar-refractivity contribution in [3.05, 3.63) is 120 Å². The molecule has 4 heterocycles. The second kappa shape index (κ2) is 21.2. The number of benzene rings is 2. The molecule has 9 nitrogen and oxygen atoms in total. The van der Waals surface area contributed by atoms with Crippen molar-refractivity contribution in [3.8, 4) is 22.3 Å². The molecule has 0 amide bonds. The standard InChI is InChI=1S/2C27H31FN2O2.CH5N/c2*1-16-26-24(23-10-9-22(29-2)13-19(23)14-25(26)27(31)32-16)11-8-21-7-6-18(15-30-21)17-4-3-5-20(28)12-17;1-2/h2*3-8,11-12,15-16,19,22-26,29H,9-10,13-14H2,1-2H3;2H2,1H3/b2*11-8+;/t16-,19+,22+,23-,24+,25-,26+;16-,19+,22-,23-,24+,25-,26+;/m11./s1. The Bertz CT molecular complexity index is 2180. The van der Waals surface area contributed by atoms with Gasteiger partial charge in [-0.3, -0.25) is 19.6 Å². The molecule has 350 valence electrons. The summed E-state index contributed by atoms with van der Waals surface area (Å²) in [7, 11) is 5.58. The van der Waals surface area contributed by atoms with E-state index in [-0.39, 0.29) is 59.5 Å². The Hall–Kier alpha value is -5.10. The van der Waals surface area contributed by atoms with E-state index in [2.05, 4.69) is 64.5 Å². The second-order valence-corrected chi connectivity index (χ2v) is 19.4. The molecular weight excluding hydrogens is 833 g/mol. The molecule has 10 rings (SSSR count). The normalized spacial score (nSPS) is 33.3. The first-order valence-electron chi connectivity index (χ1n) is 24.2. The van der Waals surface area contributed by atoms with Gasteiger partial charge < -0.3 is 25.8 Å². The third-order valence-electron chi connectivity index (χ3n) is 16.0. The van der Waals surface area contributed by atoms with Gasteiger partial charge in [0, 0.05) is 47.4 Å². The number of pyridine rings is 2. The van der Waals surface area contributed by atoms with Crippen LogP contribution in [0.15, 0.2) is 97.3 Å². The molecule has 0 spiro atoms. The van der Waals surface area contributed by atoms with E-state index in [1.54, 1.807) is 24.5 Å². The number of nitrogens with one attached hydrogen (secondary N) is 2. The first-order chi connectivity index (χ1) is 32.1. The lowest BCUT2D eigenvalue weighted by molar-refractivity contribution is -0.145. The summed E-state index contributed by atoms with van der Waals surface area (Å²) in [6, 6.07) is 22.1. The van der Waals surface area contributed by atoms with Crippen molar-refractivity contribution in [3.63, 3.8) is 0 Å². The molecule has 0 radical (unpaired) electrons. The molecule has 4 N–H and O–H groups in total. The van der Waals surface area contributed by atoms with Gasteiger partial charge >= 0.3 is 11.9 Å². The number of carbonyl (C=O) groups is 2. The summed E-state index contributed by atoms with van der Waals surface area (Å²) in [6.45, 7) is 4.10. The van der Waals surface area contributed by atoms with Gasteiger partial charge in [0.2, 0.25) is 0 Å². The Kier molecular flexibility index (Phi) is 15.3. The number of fused-ring (bicyclic) bond motifs is 4. The molecule has 2 aliphatic heterocycles. The molecule has 0 unspecified atom stereocenters. The Morgan fingerprint density at radius 2 is 1.02 bits per heavy atom. The lowest BCUT2D eigenvalue weighted by Crippen LogP contribution is -2.46. The van der Waals surface area contributed by atoms with Crippen molar-refractivity contribution in [1.29, 1.82) is 0 Å². The molecule has 6 fully saturated rings. The molecule has 6 aliphatic rings. The van der Waals surface area contributed by atoms with E-state index in [0.29, 0.717) is 47.6 Å². The summed E-state index contributed by atoms with van der Waals surface area (Å²) in [6.07, 6.45) is 21.2. The molecular formula is C55H67F2N5O4. The fourth-order valence-corrected chi connectivity index (χ4v) is 12.9. The molecule has 2 saturated heterocycles. The van der Waals surface area contributed by atoms with E-state index >= 15 is 0 Å². The zero-order valence-corrected chi connectivity index (χ0v) is 39.0. The summed E-state index contributed by atoms with van der Waals surface area (Å²) in [5.41, 5.74) is 9.70. The van der Waals surface area contributed by atoms with E-state index in [9.17, 15) is 18.4 Å². The van der Waals surface area contributed by atoms with Crippen molar-refractivity contribution in [2.75, 3.05) is 21.1 Å². The highest BCUT2D eigenvalue weighted by Gasteiger charge is 2.55. The van der Waals surface area contributed by atoms with Crippen molar-refractivity contribution >= 4 is 24.1 Å². The Labute approximate surface area is 389 Å². The minimum Gasteiger partial charge on any atom is -0.462 e. The summed E-state index contributed by atoms with van der Waals surface area (Å²) < 4.78 is 38.5. The number of hydrogen-bond acceptors (Lipinski definition) is 9. The number of rotatable bonds is 8. The van der Waals surface area contributed by atoms with Gasteiger partial charge in [0.1, 0.15) is 23.8 Å². The topological polar surface area (TPSA) is 128 Å². The summed E-state index contributed by atoms with van der Waals surface area (Å²) in [5.74, 6) is 2.93. The molecule has 4 aliphatic carbocycles. The maximum Gasteiger partial charge on any atom is 0.309 e. The average molecular weight is 900 g/mol. The van der Waals surface area contributed by atoms with Gasteiger partial charge in [-0.05, 0) is 182 Å². The number of aromatic nitrogens is 2. The van der Waals surface area contributed by atoms with Crippen LogP contribution in [0.3, 0.4) is 0 Å². The summed E-state index contributed by atoms with van der Waals surface area (Å²) in [4.78, 5) is 34.3. The third-order valence-corrected chi connectivity index (χ3v) is 16.0. The van der Waals surface area contributed by atoms with Gasteiger partial charge in [0.05, 0.1) is 23.2 Å². The number of allylic oxidation sites excluding steroid dienone is 2. The van der Waals surface area contributed by atoms with Gasteiger partial charge in [0.25, 0.3) is 0 Å². The first-order valence-corrected chi connectivity index (χ1v) is 24.2. The number of carbonyl (C=O) groups excluding carboxylic acids is 2.